The van der Waals surface area contributed by atoms with E-state index in [-0.39, 0.29) is 23.8 Å². The van der Waals surface area contributed by atoms with E-state index < -0.39 is 5.92 Å². The van der Waals surface area contributed by atoms with Gasteiger partial charge in [0.05, 0.1) is 13.0 Å². The van der Waals surface area contributed by atoms with Gasteiger partial charge in [-0.05, 0) is 36.2 Å². The lowest BCUT2D eigenvalue weighted by Gasteiger charge is -2.31. The highest BCUT2D eigenvalue weighted by atomic mass is 79.9. The van der Waals surface area contributed by atoms with Crippen LogP contribution in [0.5, 0.6) is 11.5 Å². The Kier molecular flexibility index (Phi) is 6.89. The van der Waals surface area contributed by atoms with E-state index in [0.717, 1.165) is 5.56 Å². The number of nitrogens with two attached hydrogens (primary N) is 1. The number of nitriles is 1. The number of ketones is 1. The van der Waals surface area contributed by atoms with Gasteiger partial charge in [-0.3, -0.25) is 4.79 Å². The van der Waals surface area contributed by atoms with Crippen molar-refractivity contribution in [1.29, 1.82) is 5.26 Å². The van der Waals surface area contributed by atoms with E-state index in [1.807, 2.05) is 0 Å². The maximum absolute atomic E-state index is 12.8. The minimum Gasteiger partial charge on any atom is -0.493 e. The standard InChI is InChI=1S/C24H19BrCl2N2O4/c1-31-20-8-14(16(25)9-21(20)32-11-12-5-6-13(26)7-17(12)27)22-15(10-28)24(29)33-19-4-2-3-18(30)23(19)22/h5-9,22H,2-4,11,29H2,1H3/t22-/m1/s1. The highest BCUT2D eigenvalue weighted by molar-refractivity contribution is 9.10. The van der Waals surface area contributed by atoms with Crippen LogP contribution in [0.15, 0.2) is 57.6 Å². The van der Waals surface area contributed by atoms with Gasteiger partial charge in [0.25, 0.3) is 0 Å². The Labute approximate surface area is 209 Å². The first-order valence-corrected chi connectivity index (χ1v) is 11.7. The van der Waals surface area contributed by atoms with Crippen LogP contribution in [0.25, 0.3) is 0 Å². The summed E-state index contributed by atoms with van der Waals surface area (Å²) in [4.78, 5) is 12.8. The van der Waals surface area contributed by atoms with Crippen molar-refractivity contribution in [3.8, 4) is 17.6 Å². The number of nitrogens with zero attached hydrogens (tertiary/aromatic N) is 1. The van der Waals surface area contributed by atoms with E-state index in [1.165, 1.54) is 7.11 Å². The van der Waals surface area contributed by atoms with Crippen molar-refractivity contribution < 1.29 is 19.0 Å². The Morgan fingerprint density at radius 3 is 2.73 bits per heavy atom. The van der Waals surface area contributed by atoms with Crippen molar-refractivity contribution in [3.05, 3.63) is 78.8 Å². The summed E-state index contributed by atoms with van der Waals surface area (Å²) in [5.41, 5.74) is 8.13. The monoisotopic (exact) mass is 548 g/mol. The fourth-order valence-electron chi connectivity index (χ4n) is 4.01. The van der Waals surface area contributed by atoms with Gasteiger partial charge in [0.1, 0.15) is 24.0 Å². The molecule has 0 spiro atoms. The van der Waals surface area contributed by atoms with E-state index in [0.29, 0.717) is 62.2 Å². The molecule has 2 aliphatic rings. The molecule has 0 radical (unpaired) electrons. The normalized spacial score (nSPS) is 17.9. The second-order valence-corrected chi connectivity index (χ2v) is 9.29. The molecule has 4 rings (SSSR count). The molecular weight excluding hydrogens is 531 g/mol. The van der Waals surface area contributed by atoms with E-state index >= 15 is 0 Å². The van der Waals surface area contributed by atoms with Gasteiger partial charge in [-0.2, -0.15) is 5.26 Å². The molecule has 2 N–H and O–H groups in total. The quantitative estimate of drug-likeness (QED) is 0.480. The number of hydrogen-bond donors (Lipinski definition) is 1. The molecule has 170 valence electrons. The molecule has 1 heterocycles. The SMILES string of the molecule is COc1cc([C@@H]2C(C#N)=C(N)OC3=C2C(=O)CCC3)c(Br)cc1OCc1ccc(Cl)cc1Cl. The van der Waals surface area contributed by atoms with Crippen molar-refractivity contribution >= 4 is 44.9 Å². The number of carbonyl (C=O) groups is 1. The average molecular weight is 550 g/mol. The van der Waals surface area contributed by atoms with Crippen LogP contribution < -0.4 is 15.2 Å². The predicted molar refractivity (Wildman–Crippen MR) is 128 cm³/mol. The highest BCUT2D eigenvalue weighted by Gasteiger charge is 2.39. The molecule has 2 aromatic rings. The molecule has 0 aromatic heterocycles. The van der Waals surface area contributed by atoms with Gasteiger partial charge in [-0.25, -0.2) is 0 Å². The van der Waals surface area contributed by atoms with Crippen molar-refractivity contribution in [2.24, 2.45) is 5.73 Å². The number of methoxy groups -OCH3 is 1. The number of halogens is 3. The van der Waals surface area contributed by atoms with Crippen LogP contribution in [0, 0.1) is 11.3 Å². The first-order valence-electron chi connectivity index (χ1n) is 10.1. The minimum atomic E-state index is -0.658. The Morgan fingerprint density at radius 2 is 2.03 bits per heavy atom. The van der Waals surface area contributed by atoms with Crippen LogP contribution >= 0.6 is 39.1 Å². The Hall–Kier alpha value is -2.66. The largest absolute Gasteiger partial charge is 0.493 e. The predicted octanol–water partition coefficient (Wildman–Crippen LogP) is 6.16. The molecule has 33 heavy (non-hydrogen) atoms. The Morgan fingerprint density at radius 1 is 1.24 bits per heavy atom. The third-order valence-electron chi connectivity index (χ3n) is 5.60. The molecule has 0 saturated heterocycles. The van der Waals surface area contributed by atoms with Crippen LogP contribution in [0.4, 0.5) is 0 Å². The van der Waals surface area contributed by atoms with Gasteiger partial charge >= 0.3 is 0 Å². The highest BCUT2D eigenvalue weighted by Crippen LogP contribution is 2.47. The van der Waals surface area contributed by atoms with Crippen molar-refractivity contribution in [1.82, 2.24) is 0 Å². The summed E-state index contributed by atoms with van der Waals surface area (Å²) < 4.78 is 17.8. The first kappa shape index (κ1) is 23.5. The lowest BCUT2D eigenvalue weighted by molar-refractivity contribution is -0.116. The van der Waals surface area contributed by atoms with Gasteiger partial charge in [0.2, 0.25) is 5.88 Å². The second-order valence-electron chi connectivity index (χ2n) is 7.59. The van der Waals surface area contributed by atoms with Crippen LogP contribution in [-0.4, -0.2) is 12.9 Å². The topological polar surface area (TPSA) is 94.6 Å². The smallest absolute Gasteiger partial charge is 0.205 e. The molecule has 1 aliphatic carbocycles. The van der Waals surface area contributed by atoms with Crippen LogP contribution in [0.3, 0.4) is 0 Å². The zero-order valence-corrected chi connectivity index (χ0v) is 20.7. The molecule has 0 amide bonds. The summed E-state index contributed by atoms with van der Waals surface area (Å²) in [7, 11) is 1.52. The maximum Gasteiger partial charge on any atom is 0.205 e. The fraction of sp³-hybridized carbons (Fsp3) is 0.250. The summed E-state index contributed by atoms with van der Waals surface area (Å²) in [6.07, 6.45) is 1.67. The lowest BCUT2D eigenvalue weighted by Crippen LogP contribution is -2.27. The Bertz CT molecular complexity index is 1250. The molecule has 0 bridgehead atoms. The second kappa shape index (κ2) is 9.68. The number of ether oxygens (including phenoxy) is 3. The molecular formula is C24H19BrCl2N2O4. The molecule has 1 atom stereocenters. The molecule has 9 heteroatoms. The average Bonchev–Trinajstić information content (AvgIpc) is 2.78. The van der Waals surface area contributed by atoms with Crippen molar-refractivity contribution in [2.75, 3.05) is 7.11 Å². The van der Waals surface area contributed by atoms with Gasteiger partial charge < -0.3 is 19.9 Å². The van der Waals surface area contributed by atoms with Crippen LogP contribution in [0.1, 0.15) is 36.3 Å². The number of hydrogen-bond acceptors (Lipinski definition) is 6. The third kappa shape index (κ3) is 4.56. The summed E-state index contributed by atoms with van der Waals surface area (Å²) >= 11 is 15.8. The summed E-state index contributed by atoms with van der Waals surface area (Å²) in [5, 5.41) is 10.8. The summed E-state index contributed by atoms with van der Waals surface area (Å²) in [5.74, 6) is 0.729. The minimum absolute atomic E-state index is 0.0134. The molecule has 2 aromatic carbocycles. The molecule has 0 unspecified atom stereocenters. The van der Waals surface area contributed by atoms with Gasteiger partial charge in [-0.1, -0.05) is 45.2 Å². The van der Waals surface area contributed by atoms with E-state index in [1.54, 1.807) is 30.3 Å². The van der Waals surface area contributed by atoms with Crippen molar-refractivity contribution in [2.45, 2.75) is 31.8 Å². The number of rotatable bonds is 5. The van der Waals surface area contributed by atoms with Crippen LogP contribution in [0.2, 0.25) is 10.0 Å². The van der Waals surface area contributed by atoms with E-state index in [4.69, 9.17) is 43.1 Å². The molecule has 0 saturated carbocycles. The zero-order valence-electron chi connectivity index (χ0n) is 17.6. The Balaban J connectivity index is 1.73. The lowest BCUT2D eigenvalue weighted by atomic mass is 9.77. The van der Waals surface area contributed by atoms with E-state index in [9.17, 15) is 10.1 Å². The van der Waals surface area contributed by atoms with Gasteiger partial charge in [-0.15, -0.1) is 0 Å². The van der Waals surface area contributed by atoms with Gasteiger partial charge in [0, 0.05) is 38.5 Å². The maximum atomic E-state index is 12.8. The number of carbonyl (C=O) groups excluding carboxylic acids is 1. The first-order chi connectivity index (χ1) is 15.8. The number of allylic oxidation sites excluding steroid dienone is 3. The van der Waals surface area contributed by atoms with Gasteiger partial charge in [0.15, 0.2) is 17.3 Å². The zero-order chi connectivity index (χ0) is 23.7. The number of Topliss-reactive ketones (excluding diaryl/α,β-unsaturated/α-hetero) is 1. The number of benzene rings is 2. The molecule has 0 fully saturated rings. The third-order valence-corrected chi connectivity index (χ3v) is 6.87. The van der Waals surface area contributed by atoms with E-state index in [2.05, 4.69) is 22.0 Å². The fourth-order valence-corrected chi connectivity index (χ4v) is 5.02. The summed E-state index contributed by atoms with van der Waals surface area (Å²) in [6.45, 7) is 0.194. The molecule has 6 nitrogen and oxygen atoms in total. The van der Waals surface area contributed by atoms with Crippen molar-refractivity contribution in [3.63, 3.8) is 0 Å². The van der Waals surface area contributed by atoms with Crippen LogP contribution in [-0.2, 0) is 16.1 Å². The molecule has 1 aliphatic heterocycles. The summed E-state index contributed by atoms with van der Waals surface area (Å²) in [6, 6.07) is 10.8.